The summed E-state index contributed by atoms with van der Waals surface area (Å²) in [4.78, 5) is 35.7. The smallest absolute Gasteiger partial charge is 0.412 e. The Balaban J connectivity index is 1.88. The summed E-state index contributed by atoms with van der Waals surface area (Å²) in [7, 11) is 0. The van der Waals surface area contributed by atoms with Crippen molar-refractivity contribution in [1.29, 1.82) is 0 Å². The topological polar surface area (TPSA) is 106 Å². The number of ether oxygens (including phenoxy) is 2. The average molecular weight is 414 g/mol. The van der Waals surface area contributed by atoms with Crippen LogP contribution in [-0.4, -0.2) is 32.9 Å². The molecule has 0 aliphatic heterocycles. The second kappa shape index (κ2) is 8.12. The fourth-order valence-electron chi connectivity index (χ4n) is 2.51. The van der Waals surface area contributed by atoms with Gasteiger partial charge in [0.15, 0.2) is 11.4 Å². The monoisotopic (exact) mass is 414 g/mol. The van der Waals surface area contributed by atoms with Gasteiger partial charge in [-0.2, -0.15) is 0 Å². The number of hydrogen-bond donors (Lipinski definition) is 2. The molecule has 3 rings (SSSR count). The summed E-state index contributed by atoms with van der Waals surface area (Å²) in [6.45, 7) is 7.04. The summed E-state index contributed by atoms with van der Waals surface area (Å²) < 4.78 is 11.3. The fourth-order valence-corrected chi connectivity index (χ4v) is 3.09. The minimum absolute atomic E-state index is 0.288. The van der Waals surface area contributed by atoms with Gasteiger partial charge in [0.05, 0.1) is 5.69 Å². The van der Waals surface area contributed by atoms with Crippen molar-refractivity contribution in [2.75, 3.05) is 11.6 Å². The number of pyridine rings is 1. The molecule has 0 bridgehead atoms. The number of carbonyl (C=O) groups excluding carboxylic acids is 1. The summed E-state index contributed by atoms with van der Waals surface area (Å²) in [5, 5.41) is 2.75. The summed E-state index contributed by atoms with van der Waals surface area (Å²) in [6.07, 6.45) is 2.92. The van der Waals surface area contributed by atoms with Crippen molar-refractivity contribution in [3.05, 3.63) is 46.5 Å². The van der Waals surface area contributed by atoms with Gasteiger partial charge in [0, 0.05) is 17.2 Å². The molecule has 0 aliphatic carbocycles. The number of nitrogens with zero attached hydrogens (tertiary/aromatic N) is 2. The van der Waals surface area contributed by atoms with Crippen molar-refractivity contribution in [2.24, 2.45) is 0 Å². The summed E-state index contributed by atoms with van der Waals surface area (Å²) in [6, 6.07) is 6.97. The molecule has 8 nitrogen and oxygen atoms in total. The zero-order valence-corrected chi connectivity index (χ0v) is 17.6. The van der Waals surface area contributed by atoms with Crippen molar-refractivity contribution in [3.8, 4) is 11.5 Å². The molecule has 29 heavy (non-hydrogen) atoms. The Morgan fingerprint density at radius 2 is 2.00 bits per heavy atom. The molecule has 1 aromatic carbocycles. The standard InChI is InChI=1S/C20H22N4O4S/c1-11-18(25)24-17-16(22-11)14(8-9-21-17)27-12-6-7-13(15(10-12)29-5)23-19(26)28-20(2,3)4/h6-10H,1-5H3,(H,23,26)(H,21,24,25). The average Bonchev–Trinajstić information content (AvgIpc) is 2.63. The van der Waals surface area contributed by atoms with Gasteiger partial charge >= 0.3 is 6.09 Å². The number of H-pyrrole nitrogens is 1. The summed E-state index contributed by atoms with van der Waals surface area (Å²) in [5.41, 5.74) is 0.900. The lowest BCUT2D eigenvalue weighted by Gasteiger charge is -2.20. The number of aryl methyl sites for hydroxylation is 1. The molecule has 0 aliphatic rings. The van der Waals surface area contributed by atoms with Gasteiger partial charge in [-0.1, -0.05) is 0 Å². The van der Waals surface area contributed by atoms with Gasteiger partial charge in [0.25, 0.3) is 5.56 Å². The molecule has 2 N–H and O–H groups in total. The second-order valence-corrected chi connectivity index (χ2v) is 8.10. The molecule has 2 aromatic heterocycles. The Kier molecular flexibility index (Phi) is 5.78. The molecule has 9 heteroatoms. The van der Waals surface area contributed by atoms with Crippen molar-refractivity contribution < 1.29 is 14.3 Å². The first-order valence-corrected chi connectivity index (χ1v) is 10.1. The Morgan fingerprint density at radius 1 is 1.24 bits per heavy atom. The number of aromatic nitrogens is 3. The molecule has 0 spiro atoms. The summed E-state index contributed by atoms with van der Waals surface area (Å²) in [5.74, 6) is 1.02. The first-order chi connectivity index (χ1) is 13.7. The number of aromatic amines is 1. The Bertz CT molecular complexity index is 1120. The molecule has 0 radical (unpaired) electrons. The van der Waals surface area contributed by atoms with E-state index >= 15 is 0 Å². The SMILES string of the molecule is CSc1cc(Oc2ccnc3[nH]c(=O)c(C)nc23)ccc1NC(=O)OC(C)(C)C. The number of nitrogens with one attached hydrogen (secondary N) is 2. The molecule has 2 heterocycles. The Labute approximate surface area is 172 Å². The Morgan fingerprint density at radius 3 is 2.69 bits per heavy atom. The van der Waals surface area contributed by atoms with Crippen LogP contribution in [0, 0.1) is 6.92 Å². The second-order valence-electron chi connectivity index (χ2n) is 7.25. The minimum Gasteiger partial charge on any atom is -0.455 e. The van der Waals surface area contributed by atoms with Crippen molar-refractivity contribution >= 4 is 34.7 Å². The number of amides is 1. The molecular weight excluding hydrogens is 392 g/mol. The van der Waals surface area contributed by atoms with E-state index in [9.17, 15) is 9.59 Å². The van der Waals surface area contributed by atoms with Crippen LogP contribution in [0.5, 0.6) is 11.5 Å². The maximum Gasteiger partial charge on any atom is 0.412 e. The zero-order valence-electron chi connectivity index (χ0n) is 16.8. The molecule has 0 saturated carbocycles. The Hall–Kier alpha value is -3.07. The van der Waals surface area contributed by atoms with Crippen LogP contribution < -0.4 is 15.6 Å². The molecule has 1 amide bonds. The molecule has 0 unspecified atom stereocenters. The van der Waals surface area contributed by atoms with Gasteiger partial charge in [-0.3, -0.25) is 10.1 Å². The maximum absolute atomic E-state index is 12.1. The van der Waals surface area contributed by atoms with Crippen LogP contribution in [0.1, 0.15) is 26.5 Å². The van der Waals surface area contributed by atoms with E-state index in [-0.39, 0.29) is 5.56 Å². The number of fused-ring (bicyclic) bond motifs is 1. The third kappa shape index (κ3) is 5.05. The molecule has 0 saturated heterocycles. The van der Waals surface area contributed by atoms with E-state index in [1.165, 1.54) is 11.8 Å². The number of hydrogen-bond acceptors (Lipinski definition) is 7. The molecule has 0 fully saturated rings. The normalized spacial score (nSPS) is 11.3. The third-order valence-corrected chi connectivity index (χ3v) is 4.54. The number of thioether (sulfide) groups is 1. The highest BCUT2D eigenvalue weighted by molar-refractivity contribution is 7.98. The lowest BCUT2D eigenvalue weighted by Crippen LogP contribution is -2.27. The maximum atomic E-state index is 12.1. The van der Waals surface area contributed by atoms with Crippen LogP contribution in [0.25, 0.3) is 11.2 Å². The van der Waals surface area contributed by atoms with Crippen molar-refractivity contribution in [2.45, 2.75) is 38.2 Å². The van der Waals surface area contributed by atoms with Gasteiger partial charge in [-0.25, -0.2) is 14.8 Å². The van der Waals surface area contributed by atoms with Gasteiger partial charge < -0.3 is 14.5 Å². The van der Waals surface area contributed by atoms with E-state index in [0.29, 0.717) is 34.0 Å². The van der Waals surface area contributed by atoms with Crippen molar-refractivity contribution in [1.82, 2.24) is 15.0 Å². The predicted molar refractivity (Wildman–Crippen MR) is 113 cm³/mol. The van der Waals surface area contributed by atoms with Crippen LogP contribution in [0.3, 0.4) is 0 Å². The molecule has 152 valence electrons. The number of rotatable bonds is 4. The predicted octanol–water partition coefficient (Wildman–Crippen LogP) is 4.49. The fraction of sp³-hybridized carbons (Fsp3) is 0.300. The highest BCUT2D eigenvalue weighted by Gasteiger charge is 2.17. The quantitative estimate of drug-likeness (QED) is 0.606. The molecule has 3 aromatic rings. The highest BCUT2D eigenvalue weighted by atomic mass is 32.2. The highest BCUT2D eigenvalue weighted by Crippen LogP contribution is 2.33. The third-order valence-electron chi connectivity index (χ3n) is 3.76. The van der Waals surface area contributed by atoms with Gasteiger partial charge in [0.2, 0.25) is 0 Å². The lowest BCUT2D eigenvalue weighted by atomic mass is 10.2. The van der Waals surface area contributed by atoms with Gasteiger partial charge in [-0.05, 0) is 52.1 Å². The molecule has 0 atom stereocenters. The first-order valence-electron chi connectivity index (χ1n) is 8.88. The van der Waals surface area contributed by atoms with E-state index in [1.807, 2.05) is 12.3 Å². The van der Waals surface area contributed by atoms with Crippen LogP contribution >= 0.6 is 11.8 Å². The zero-order chi connectivity index (χ0) is 21.2. The lowest BCUT2D eigenvalue weighted by molar-refractivity contribution is 0.0635. The molecular formula is C20H22N4O4S. The van der Waals surface area contributed by atoms with E-state index in [0.717, 1.165) is 4.90 Å². The minimum atomic E-state index is -0.582. The van der Waals surface area contributed by atoms with E-state index in [2.05, 4.69) is 20.3 Å². The summed E-state index contributed by atoms with van der Waals surface area (Å²) >= 11 is 1.46. The first kappa shape index (κ1) is 20.7. The largest absolute Gasteiger partial charge is 0.455 e. The van der Waals surface area contributed by atoms with Crippen LogP contribution in [0.4, 0.5) is 10.5 Å². The van der Waals surface area contributed by atoms with E-state index in [4.69, 9.17) is 9.47 Å². The number of anilines is 1. The number of carbonyl (C=O) groups is 1. The van der Waals surface area contributed by atoms with E-state index < -0.39 is 11.7 Å². The number of benzene rings is 1. The van der Waals surface area contributed by atoms with Crippen LogP contribution in [0.15, 0.2) is 40.2 Å². The van der Waals surface area contributed by atoms with Crippen LogP contribution in [0.2, 0.25) is 0 Å². The van der Waals surface area contributed by atoms with Gasteiger partial charge in [-0.15, -0.1) is 11.8 Å². The van der Waals surface area contributed by atoms with Gasteiger partial charge in [0.1, 0.15) is 22.6 Å². The van der Waals surface area contributed by atoms with Crippen molar-refractivity contribution in [3.63, 3.8) is 0 Å². The van der Waals surface area contributed by atoms with E-state index in [1.54, 1.807) is 52.1 Å². The van der Waals surface area contributed by atoms with Crippen LogP contribution in [-0.2, 0) is 4.74 Å².